The van der Waals surface area contributed by atoms with Crippen LogP contribution >= 0.6 is 31.8 Å². The Labute approximate surface area is 144 Å². The molecule has 0 amide bonds. The van der Waals surface area contributed by atoms with Crippen molar-refractivity contribution in [2.75, 3.05) is 0 Å². The topological polar surface area (TPSA) is 17.1 Å². The summed E-state index contributed by atoms with van der Waals surface area (Å²) >= 11 is 12.1. The first-order valence-corrected chi connectivity index (χ1v) is 7.57. The largest absolute Gasteiger partial charge is 1.00 e. The summed E-state index contributed by atoms with van der Waals surface area (Å²) in [5, 5.41) is 1.86. The van der Waals surface area contributed by atoms with Crippen molar-refractivity contribution in [3.8, 4) is 0 Å². The zero-order valence-corrected chi connectivity index (χ0v) is 14.1. The Morgan fingerprint density at radius 1 is 1.10 bits per heavy atom. The third-order valence-electron chi connectivity index (χ3n) is 2.82. The van der Waals surface area contributed by atoms with Crippen LogP contribution in [0.1, 0.15) is 22.9 Å². The summed E-state index contributed by atoms with van der Waals surface area (Å²) < 4.78 is 0. The second-order valence-electron chi connectivity index (χ2n) is 4.37. The molecule has 100 valence electrons. The van der Waals surface area contributed by atoms with Gasteiger partial charge in [-0.25, -0.2) is 0 Å². The van der Waals surface area contributed by atoms with Crippen molar-refractivity contribution < 1.29 is 25.1 Å². The number of carbonyl (C=O) groups is 1. The quantitative estimate of drug-likeness (QED) is 0.624. The van der Waals surface area contributed by atoms with Crippen molar-refractivity contribution in [3.63, 3.8) is 0 Å². The molecule has 0 bridgehead atoms. The Hall–Kier alpha value is -0.283. The molecule has 0 saturated heterocycles. The SMILES string of the molecule is Cc1ccc(PC(=O)c2c(Cl)cccc2Cl)c(C)c1.[H-].[Li+]. The molecule has 5 heteroatoms. The average Bonchev–Trinajstić information content (AvgIpc) is 2.32. The minimum atomic E-state index is -0.0254. The number of hydrogen-bond donors (Lipinski definition) is 0. The van der Waals surface area contributed by atoms with Crippen LogP contribution in [-0.4, -0.2) is 5.52 Å². The van der Waals surface area contributed by atoms with Gasteiger partial charge in [0.25, 0.3) is 0 Å². The van der Waals surface area contributed by atoms with Crippen LogP contribution in [-0.2, 0) is 0 Å². The van der Waals surface area contributed by atoms with E-state index in [9.17, 15) is 4.79 Å². The van der Waals surface area contributed by atoms with Crippen LogP contribution < -0.4 is 24.2 Å². The molecular formula is C15H14Cl2LiOP. The summed E-state index contributed by atoms with van der Waals surface area (Å²) in [6, 6.07) is 11.2. The van der Waals surface area contributed by atoms with E-state index in [0.29, 0.717) is 15.6 Å². The molecule has 0 aliphatic rings. The van der Waals surface area contributed by atoms with Crippen LogP contribution in [0.2, 0.25) is 10.0 Å². The van der Waals surface area contributed by atoms with Gasteiger partial charge in [0, 0.05) is 0 Å². The first kappa shape index (κ1) is 17.8. The number of aryl methyl sites for hydroxylation is 2. The fourth-order valence-electron chi connectivity index (χ4n) is 1.85. The summed E-state index contributed by atoms with van der Waals surface area (Å²) in [4.78, 5) is 12.3. The van der Waals surface area contributed by atoms with E-state index >= 15 is 0 Å². The summed E-state index contributed by atoms with van der Waals surface area (Å²) in [5.41, 5.74) is 2.70. The van der Waals surface area contributed by atoms with Crippen molar-refractivity contribution in [3.05, 3.63) is 63.1 Å². The van der Waals surface area contributed by atoms with Crippen LogP contribution in [0.3, 0.4) is 0 Å². The van der Waals surface area contributed by atoms with Gasteiger partial charge >= 0.3 is 18.9 Å². The van der Waals surface area contributed by atoms with Gasteiger partial charge in [0.1, 0.15) is 0 Å². The fraction of sp³-hybridized carbons (Fsp3) is 0.133. The minimum Gasteiger partial charge on any atom is -1.00 e. The minimum absolute atomic E-state index is 0. The van der Waals surface area contributed by atoms with E-state index in [1.54, 1.807) is 18.2 Å². The zero-order valence-electron chi connectivity index (χ0n) is 12.6. The Balaban J connectivity index is 0.00000200. The Morgan fingerprint density at radius 2 is 1.70 bits per heavy atom. The van der Waals surface area contributed by atoms with Crippen molar-refractivity contribution in [1.29, 1.82) is 0 Å². The van der Waals surface area contributed by atoms with E-state index in [0.717, 1.165) is 10.9 Å². The van der Waals surface area contributed by atoms with Crippen LogP contribution in [0.15, 0.2) is 36.4 Å². The summed E-state index contributed by atoms with van der Waals surface area (Å²) in [6.07, 6.45) is 0. The molecule has 1 nitrogen and oxygen atoms in total. The van der Waals surface area contributed by atoms with E-state index in [1.807, 2.05) is 26.0 Å². The van der Waals surface area contributed by atoms with Crippen molar-refractivity contribution in [1.82, 2.24) is 0 Å². The third kappa shape index (κ3) is 4.11. The van der Waals surface area contributed by atoms with Crippen LogP contribution in [0.5, 0.6) is 0 Å². The van der Waals surface area contributed by atoms with E-state index in [4.69, 9.17) is 23.2 Å². The molecule has 20 heavy (non-hydrogen) atoms. The second kappa shape index (κ2) is 7.65. The van der Waals surface area contributed by atoms with E-state index < -0.39 is 0 Å². The second-order valence-corrected chi connectivity index (χ2v) is 6.43. The predicted octanol–water partition coefficient (Wildman–Crippen LogP) is 1.87. The summed E-state index contributed by atoms with van der Waals surface area (Å²) in [5.74, 6) is 0. The van der Waals surface area contributed by atoms with Gasteiger partial charge in [0.15, 0.2) is 5.52 Å². The van der Waals surface area contributed by atoms with Crippen LogP contribution in [0.25, 0.3) is 0 Å². The molecule has 0 radical (unpaired) electrons. The first-order valence-electron chi connectivity index (χ1n) is 5.81. The number of benzene rings is 2. The average molecular weight is 319 g/mol. The smallest absolute Gasteiger partial charge is 1.00 e. The molecule has 1 unspecified atom stereocenters. The standard InChI is InChI=1S/C15H13Cl2OP.Li.H/c1-9-6-7-13(10(2)8-9)19-15(18)14-11(16)4-3-5-12(14)17;;/h3-8,19H,1-2H3;;/q;+1;-1. The normalized spacial score (nSPS) is 10.6. The van der Waals surface area contributed by atoms with Gasteiger partial charge < -0.3 is 1.43 Å². The van der Waals surface area contributed by atoms with Gasteiger partial charge in [-0.15, -0.1) is 0 Å². The molecule has 0 saturated carbocycles. The molecule has 0 aliphatic heterocycles. The summed E-state index contributed by atoms with van der Waals surface area (Å²) in [6.45, 7) is 4.05. The first-order chi connectivity index (χ1) is 8.99. The number of halogens is 2. The molecule has 2 rings (SSSR count). The van der Waals surface area contributed by atoms with E-state index in [1.165, 1.54) is 5.56 Å². The molecule has 0 heterocycles. The van der Waals surface area contributed by atoms with Crippen molar-refractivity contribution in [2.24, 2.45) is 0 Å². The fourth-order valence-corrected chi connectivity index (χ4v) is 3.66. The number of carbonyl (C=O) groups excluding carboxylic acids is 1. The molecule has 0 aromatic heterocycles. The zero-order chi connectivity index (χ0) is 14.0. The monoisotopic (exact) mass is 318 g/mol. The van der Waals surface area contributed by atoms with Gasteiger partial charge in [-0.1, -0.05) is 53.0 Å². The van der Waals surface area contributed by atoms with Crippen molar-refractivity contribution in [2.45, 2.75) is 13.8 Å². The molecule has 2 aromatic carbocycles. The van der Waals surface area contributed by atoms with Gasteiger partial charge in [-0.05, 0) is 45.4 Å². The Bertz CT molecular complexity index is 629. The van der Waals surface area contributed by atoms with Gasteiger partial charge in [-0.2, -0.15) is 0 Å². The number of hydrogen-bond acceptors (Lipinski definition) is 1. The Kier molecular flexibility index (Phi) is 6.79. The molecular weight excluding hydrogens is 305 g/mol. The van der Waals surface area contributed by atoms with E-state index in [2.05, 4.69) is 6.07 Å². The molecule has 2 aromatic rings. The van der Waals surface area contributed by atoms with Crippen LogP contribution in [0, 0.1) is 13.8 Å². The van der Waals surface area contributed by atoms with Crippen molar-refractivity contribution >= 4 is 42.6 Å². The Morgan fingerprint density at radius 3 is 2.25 bits per heavy atom. The van der Waals surface area contributed by atoms with E-state index in [-0.39, 0.29) is 34.4 Å². The molecule has 0 fully saturated rings. The maximum absolute atomic E-state index is 12.3. The summed E-state index contributed by atoms with van der Waals surface area (Å²) in [7, 11) is 0.0359. The van der Waals surface area contributed by atoms with Gasteiger partial charge in [0.2, 0.25) is 0 Å². The molecule has 1 atom stereocenters. The maximum Gasteiger partial charge on any atom is 1.00 e. The predicted molar refractivity (Wildman–Crippen MR) is 85.8 cm³/mol. The molecule has 0 N–H and O–H groups in total. The molecule has 0 aliphatic carbocycles. The van der Waals surface area contributed by atoms with Crippen LogP contribution in [0.4, 0.5) is 0 Å². The van der Waals surface area contributed by atoms with Gasteiger partial charge in [-0.3, -0.25) is 4.79 Å². The van der Waals surface area contributed by atoms with Gasteiger partial charge in [0.05, 0.1) is 15.6 Å². The molecule has 0 spiro atoms. The number of rotatable bonds is 3. The third-order valence-corrected chi connectivity index (χ3v) is 4.76. The maximum atomic E-state index is 12.3.